The van der Waals surface area contributed by atoms with E-state index in [4.69, 9.17) is 0 Å². The van der Waals surface area contributed by atoms with Crippen LogP contribution in [0.25, 0.3) is 0 Å². The van der Waals surface area contributed by atoms with E-state index in [0.29, 0.717) is 12.0 Å². The molecule has 1 aromatic rings. The van der Waals surface area contributed by atoms with Crippen molar-refractivity contribution >= 4 is 5.69 Å². The van der Waals surface area contributed by atoms with Gasteiger partial charge in [-0.25, -0.2) is 0 Å². The summed E-state index contributed by atoms with van der Waals surface area (Å²) in [5.74, 6) is 0.699. The maximum absolute atomic E-state index is 9.50. The van der Waals surface area contributed by atoms with Gasteiger partial charge in [0.15, 0.2) is 0 Å². The zero-order valence-corrected chi connectivity index (χ0v) is 13.5. The second-order valence-corrected chi connectivity index (χ2v) is 6.35. The maximum Gasteiger partial charge on any atom is 0.101 e. The minimum atomic E-state index is 0.649. The third-order valence-electron chi connectivity index (χ3n) is 4.00. The van der Waals surface area contributed by atoms with Gasteiger partial charge in [-0.1, -0.05) is 26.8 Å². The SMILES string of the molecule is CCNCc1ccc(N(CCC(C)C)C2CC2)c(C#N)c1. The summed E-state index contributed by atoms with van der Waals surface area (Å²) in [5, 5.41) is 12.8. The molecule has 0 amide bonds. The quantitative estimate of drug-likeness (QED) is 0.792. The van der Waals surface area contributed by atoms with Gasteiger partial charge in [-0.3, -0.25) is 0 Å². The summed E-state index contributed by atoms with van der Waals surface area (Å²) in [5.41, 5.74) is 3.14. The van der Waals surface area contributed by atoms with Crippen LogP contribution in [0.3, 0.4) is 0 Å². The molecule has 0 heterocycles. The Bertz CT molecular complexity index is 498. The Kier molecular flexibility index (Phi) is 5.64. The van der Waals surface area contributed by atoms with E-state index in [2.05, 4.69) is 49.2 Å². The summed E-state index contributed by atoms with van der Waals surface area (Å²) < 4.78 is 0. The van der Waals surface area contributed by atoms with Gasteiger partial charge in [-0.05, 0) is 49.4 Å². The number of hydrogen-bond acceptors (Lipinski definition) is 3. The van der Waals surface area contributed by atoms with Gasteiger partial charge in [-0.2, -0.15) is 5.26 Å². The van der Waals surface area contributed by atoms with Crippen molar-refractivity contribution in [2.24, 2.45) is 5.92 Å². The molecule has 3 heteroatoms. The summed E-state index contributed by atoms with van der Waals surface area (Å²) in [6.45, 7) is 9.46. The van der Waals surface area contributed by atoms with E-state index in [0.717, 1.165) is 30.9 Å². The van der Waals surface area contributed by atoms with Gasteiger partial charge < -0.3 is 10.2 Å². The van der Waals surface area contributed by atoms with E-state index >= 15 is 0 Å². The second kappa shape index (κ2) is 7.47. The number of nitriles is 1. The number of nitrogens with one attached hydrogen (secondary N) is 1. The lowest BCUT2D eigenvalue weighted by atomic mass is 10.1. The molecular weight excluding hydrogens is 258 g/mol. The van der Waals surface area contributed by atoms with Gasteiger partial charge in [0.05, 0.1) is 11.3 Å². The van der Waals surface area contributed by atoms with Crippen molar-refractivity contribution < 1.29 is 0 Å². The van der Waals surface area contributed by atoms with Crippen LogP contribution in [-0.2, 0) is 6.54 Å². The van der Waals surface area contributed by atoms with Crippen molar-refractivity contribution in [3.63, 3.8) is 0 Å². The summed E-state index contributed by atoms with van der Waals surface area (Å²) in [6, 6.07) is 9.39. The summed E-state index contributed by atoms with van der Waals surface area (Å²) in [6.07, 6.45) is 3.71. The molecular formula is C18H27N3. The van der Waals surface area contributed by atoms with Gasteiger partial charge in [0.1, 0.15) is 6.07 Å². The molecule has 1 fully saturated rings. The molecule has 0 aliphatic heterocycles. The first-order valence-corrected chi connectivity index (χ1v) is 8.16. The Morgan fingerprint density at radius 3 is 2.71 bits per heavy atom. The van der Waals surface area contributed by atoms with E-state index in [1.807, 2.05) is 6.07 Å². The van der Waals surface area contributed by atoms with Gasteiger partial charge >= 0.3 is 0 Å². The summed E-state index contributed by atoms with van der Waals surface area (Å²) in [7, 11) is 0. The Hall–Kier alpha value is -1.53. The molecule has 0 atom stereocenters. The molecule has 2 rings (SSSR count). The van der Waals surface area contributed by atoms with Gasteiger partial charge in [0.25, 0.3) is 0 Å². The van der Waals surface area contributed by atoms with Gasteiger partial charge in [-0.15, -0.1) is 0 Å². The minimum absolute atomic E-state index is 0.649. The fourth-order valence-electron chi connectivity index (χ4n) is 2.59. The van der Waals surface area contributed by atoms with Crippen LogP contribution < -0.4 is 10.2 Å². The number of nitrogens with zero attached hydrogens (tertiary/aromatic N) is 2. The molecule has 114 valence electrons. The van der Waals surface area contributed by atoms with Crippen LogP contribution in [-0.4, -0.2) is 19.1 Å². The van der Waals surface area contributed by atoms with Crippen molar-refractivity contribution in [1.82, 2.24) is 5.32 Å². The van der Waals surface area contributed by atoms with E-state index in [1.54, 1.807) is 0 Å². The molecule has 0 bridgehead atoms. The van der Waals surface area contributed by atoms with Crippen LogP contribution in [0.1, 0.15) is 51.2 Å². The van der Waals surface area contributed by atoms with Gasteiger partial charge in [0, 0.05) is 19.1 Å². The zero-order chi connectivity index (χ0) is 15.2. The predicted octanol–water partition coefficient (Wildman–Crippen LogP) is 3.68. The number of benzene rings is 1. The molecule has 1 N–H and O–H groups in total. The average molecular weight is 285 g/mol. The van der Waals surface area contributed by atoms with E-state index in [9.17, 15) is 5.26 Å². The van der Waals surface area contributed by atoms with Crippen LogP contribution in [0.4, 0.5) is 5.69 Å². The lowest BCUT2D eigenvalue weighted by Gasteiger charge is -2.27. The third kappa shape index (κ3) is 4.47. The fraction of sp³-hybridized carbons (Fsp3) is 0.611. The maximum atomic E-state index is 9.50. The van der Waals surface area contributed by atoms with Crippen LogP contribution >= 0.6 is 0 Å². The van der Waals surface area contributed by atoms with Crippen LogP contribution in [0.5, 0.6) is 0 Å². The first-order valence-electron chi connectivity index (χ1n) is 8.16. The third-order valence-corrected chi connectivity index (χ3v) is 4.00. The normalized spacial score (nSPS) is 14.2. The van der Waals surface area contributed by atoms with Crippen LogP contribution in [0.15, 0.2) is 18.2 Å². The van der Waals surface area contributed by atoms with Crippen molar-refractivity contribution in [3.05, 3.63) is 29.3 Å². The smallest absolute Gasteiger partial charge is 0.101 e. The predicted molar refractivity (Wildman–Crippen MR) is 88.4 cm³/mol. The van der Waals surface area contributed by atoms with E-state index in [1.165, 1.54) is 24.8 Å². The molecule has 1 saturated carbocycles. The van der Waals surface area contributed by atoms with Crippen molar-refractivity contribution in [2.45, 2.75) is 52.6 Å². The first-order chi connectivity index (χ1) is 10.2. The number of anilines is 1. The Balaban J connectivity index is 2.17. The average Bonchev–Trinajstić information content (AvgIpc) is 3.30. The highest BCUT2D eigenvalue weighted by atomic mass is 15.2. The highest BCUT2D eigenvalue weighted by Crippen LogP contribution is 2.34. The van der Waals surface area contributed by atoms with E-state index < -0.39 is 0 Å². The van der Waals surface area contributed by atoms with Crippen LogP contribution in [0, 0.1) is 17.2 Å². The molecule has 0 radical (unpaired) electrons. The minimum Gasteiger partial charge on any atom is -0.367 e. The fourth-order valence-corrected chi connectivity index (χ4v) is 2.59. The lowest BCUT2D eigenvalue weighted by Crippen LogP contribution is -2.28. The van der Waals surface area contributed by atoms with E-state index in [-0.39, 0.29) is 0 Å². The van der Waals surface area contributed by atoms with Crippen molar-refractivity contribution in [3.8, 4) is 6.07 Å². The monoisotopic (exact) mass is 285 g/mol. The van der Waals surface area contributed by atoms with Crippen molar-refractivity contribution in [2.75, 3.05) is 18.0 Å². The first kappa shape index (κ1) is 15.9. The van der Waals surface area contributed by atoms with Gasteiger partial charge in [0.2, 0.25) is 0 Å². The highest BCUT2D eigenvalue weighted by Gasteiger charge is 2.30. The largest absolute Gasteiger partial charge is 0.367 e. The van der Waals surface area contributed by atoms with Crippen LogP contribution in [0.2, 0.25) is 0 Å². The Labute approximate surface area is 129 Å². The van der Waals surface area contributed by atoms with Crippen molar-refractivity contribution in [1.29, 1.82) is 5.26 Å². The molecule has 21 heavy (non-hydrogen) atoms. The molecule has 1 aliphatic carbocycles. The highest BCUT2D eigenvalue weighted by molar-refractivity contribution is 5.61. The topological polar surface area (TPSA) is 39.1 Å². The molecule has 0 spiro atoms. The second-order valence-electron chi connectivity index (χ2n) is 6.35. The standard InChI is InChI=1S/C18H27N3/c1-4-20-13-15-5-8-18(16(11-15)12-19)21(17-6-7-17)10-9-14(2)3/h5,8,11,14,17,20H,4,6-7,9-10,13H2,1-3H3. The number of rotatable bonds is 8. The molecule has 3 nitrogen and oxygen atoms in total. The molecule has 0 saturated heterocycles. The zero-order valence-electron chi connectivity index (χ0n) is 13.5. The molecule has 0 unspecified atom stereocenters. The Morgan fingerprint density at radius 2 is 2.14 bits per heavy atom. The molecule has 0 aromatic heterocycles. The summed E-state index contributed by atoms with van der Waals surface area (Å²) >= 11 is 0. The number of hydrogen-bond donors (Lipinski definition) is 1. The summed E-state index contributed by atoms with van der Waals surface area (Å²) in [4.78, 5) is 2.45. The lowest BCUT2D eigenvalue weighted by molar-refractivity contribution is 0.570. The molecule has 1 aromatic carbocycles. The Morgan fingerprint density at radius 1 is 1.38 bits per heavy atom. The molecule has 1 aliphatic rings.